The van der Waals surface area contributed by atoms with Crippen LogP contribution in [0, 0.1) is 5.82 Å². The lowest BCUT2D eigenvalue weighted by atomic mass is 10.2. The zero-order chi connectivity index (χ0) is 22.1. The molecule has 8 nitrogen and oxygen atoms in total. The van der Waals surface area contributed by atoms with Crippen LogP contribution in [0.25, 0.3) is 11.0 Å². The first-order valence-electron chi connectivity index (χ1n) is 10.4. The summed E-state index contributed by atoms with van der Waals surface area (Å²) in [5.41, 5.74) is 1.66. The number of fused-ring (bicyclic) bond motifs is 1. The second kappa shape index (κ2) is 8.26. The molecule has 1 aliphatic heterocycles. The largest absolute Gasteiger partial charge is 0.355 e. The molecule has 3 aromatic heterocycles. The number of anilines is 3. The minimum absolute atomic E-state index is 0.262. The van der Waals surface area contributed by atoms with Gasteiger partial charge in [0, 0.05) is 37.9 Å². The molecule has 9 heteroatoms. The number of hydrogen-bond donors (Lipinski definition) is 2. The number of nitrogens with zero attached hydrogens (tertiary/aromatic N) is 5. The van der Waals surface area contributed by atoms with Crippen LogP contribution in [0.1, 0.15) is 16.8 Å². The van der Waals surface area contributed by atoms with E-state index in [9.17, 15) is 9.18 Å². The number of aromatic nitrogens is 4. The van der Waals surface area contributed by atoms with Gasteiger partial charge in [-0.1, -0.05) is 6.07 Å². The molecule has 1 aromatic carbocycles. The number of amides is 1. The molecule has 0 spiro atoms. The average Bonchev–Trinajstić information content (AvgIpc) is 3.49. The van der Waals surface area contributed by atoms with Gasteiger partial charge in [-0.2, -0.15) is 0 Å². The standard InChI is InChI=1S/C23H22FN7O/c1-30(18-8-10-31(13-18)22-19-7-9-25-21(19)27-14-28-22)20-6-5-17(12-26-20)29-23(32)15-3-2-4-16(24)11-15/h2-7,9,11-12,14,18H,8,10,13H2,1H3,(H,29,32)(H,25,27,28). The van der Waals surface area contributed by atoms with Crippen molar-refractivity contribution in [1.82, 2.24) is 19.9 Å². The summed E-state index contributed by atoms with van der Waals surface area (Å²) < 4.78 is 13.3. The van der Waals surface area contributed by atoms with Crippen molar-refractivity contribution in [3.63, 3.8) is 0 Å². The Kier molecular flexibility index (Phi) is 5.14. The SMILES string of the molecule is CN(c1ccc(NC(=O)c2cccc(F)c2)cn1)C1CCN(c2ncnc3[nH]ccc23)C1. The highest BCUT2D eigenvalue weighted by Gasteiger charge is 2.28. The predicted octanol–water partition coefficient (Wildman–Crippen LogP) is 3.46. The second-order valence-electron chi connectivity index (χ2n) is 7.81. The minimum Gasteiger partial charge on any atom is -0.355 e. The Morgan fingerprint density at radius 1 is 1.22 bits per heavy atom. The molecule has 0 bridgehead atoms. The van der Waals surface area contributed by atoms with Gasteiger partial charge in [-0.15, -0.1) is 0 Å². The lowest BCUT2D eigenvalue weighted by Gasteiger charge is -2.26. The van der Waals surface area contributed by atoms with Crippen LogP contribution >= 0.6 is 0 Å². The molecule has 4 heterocycles. The van der Waals surface area contributed by atoms with Crippen LogP contribution in [0.3, 0.4) is 0 Å². The van der Waals surface area contributed by atoms with Crippen molar-refractivity contribution in [2.75, 3.05) is 35.3 Å². The molecule has 0 saturated carbocycles. The first kappa shape index (κ1) is 19.9. The zero-order valence-electron chi connectivity index (χ0n) is 17.5. The van der Waals surface area contributed by atoms with Crippen LogP contribution in [-0.4, -0.2) is 52.0 Å². The van der Waals surface area contributed by atoms with E-state index < -0.39 is 5.82 Å². The fourth-order valence-corrected chi connectivity index (χ4v) is 4.05. The Morgan fingerprint density at radius 3 is 2.94 bits per heavy atom. The molecule has 0 radical (unpaired) electrons. The van der Waals surface area contributed by atoms with Crippen LogP contribution < -0.4 is 15.1 Å². The van der Waals surface area contributed by atoms with E-state index in [-0.39, 0.29) is 17.5 Å². The number of carbonyl (C=O) groups is 1. The molecule has 1 saturated heterocycles. The molecule has 4 aromatic rings. The number of H-pyrrole nitrogens is 1. The van der Waals surface area contributed by atoms with E-state index in [4.69, 9.17) is 0 Å². The van der Waals surface area contributed by atoms with Crippen LogP contribution in [0.5, 0.6) is 0 Å². The topological polar surface area (TPSA) is 90.0 Å². The average molecular weight is 431 g/mol. The number of benzene rings is 1. The van der Waals surface area contributed by atoms with Crippen molar-refractivity contribution >= 4 is 34.3 Å². The molecule has 1 unspecified atom stereocenters. The van der Waals surface area contributed by atoms with E-state index in [0.717, 1.165) is 42.2 Å². The predicted molar refractivity (Wildman–Crippen MR) is 121 cm³/mol. The van der Waals surface area contributed by atoms with E-state index in [1.807, 2.05) is 25.4 Å². The van der Waals surface area contributed by atoms with Gasteiger partial charge in [0.15, 0.2) is 0 Å². The van der Waals surface area contributed by atoms with Crippen molar-refractivity contribution in [1.29, 1.82) is 0 Å². The molecule has 0 aliphatic carbocycles. The van der Waals surface area contributed by atoms with Crippen molar-refractivity contribution in [3.05, 3.63) is 72.6 Å². The molecule has 32 heavy (non-hydrogen) atoms. The minimum atomic E-state index is -0.447. The van der Waals surface area contributed by atoms with Crippen LogP contribution in [0.15, 0.2) is 61.2 Å². The van der Waals surface area contributed by atoms with Gasteiger partial charge in [0.25, 0.3) is 5.91 Å². The summed E-state index contributed by atoms with van der Waals surface area (Å²) in [7, 11) is 2.02. The lowest BCUT2D eigenvalue weighted by molar-refractivity contribution is 0.102. The van der Waals surface area contributed by atoms with Crippen LogP contribution in [-0.2, 0) is 0 Å². The third kappa shape index (κ3) is 3.84. The van der Waals surface area contributed by atoms with Crippen molar-refractivity contribution in [3.8, 4) is 0 Å². The molecule has 1 amide bonds. The quantitative estimate of drug-likeness (QED) is 0.503. The van der Waals surface area contributed by atoms with Gasteiger partial charge in [-0.3, -0.25) is 4.79 Å². The van der Waals surface area contributed by atoms with Gasteiger partial charge in [-0.05, 0) is 42.8 Å². The van der Waals surface area contributed by atoms with Gasteiger partial charge in [0.2, 0.25) is 0 Å². The maximum Gasteiger partial charge on any atom is 0.255 e. The summed E-state index contributed by atoms with van der Waals surface area (Å²) in [6.45, 7) is 1.72. The summed E-state index contributed by atoms with van der Waals surface area (Å²) >= 11 is 0. The summed E-state index contributed by atoms with van der Waals surface area (Å²) in [6, 6.07) is 11.5. The number of pyridine rings is 1. The number of hydrogen-bond acceptors (Lipinski definition) is 6. The number of carbonyl (C=O) groups excluding carboxylic acids is 1. The third-order valence-electron chi connectivity index (χ3n) is 5.80. The van der Waals surface area contributed by atoms with Crippen molar-refractivity contribution in [2.24, 2.45) is 0 Å². The van der Waals surface area contributed by atoms with E-state index in [1.54, 1.807) is 24.7 Å². The number of aromatic amines is 1. The number of rotatable bonds is 5. The lowest BCUT2D eigenvalue weighted by Crippen LogP contribution is -2.35. The van der Waals surface area contributed by atoms with Gasteiger partial charge in [-0.25, -0.2) is 19.3 Å². The summed E-state index contributed by atoms with van der Waals surface area (Å²) in [5, 5.41) is 3.77. The van der Waals surface area contributed by atoms with Crippen molar-refractivity contribution in [2.45, 2.75) is 12.5 Å². The molecule has 2 N–H and O–H groups in total. The fraction of sp³-hybridized carbons (Fsp3) is 0.217. The summed E-state index contributed by atoms with van der Waals surface area (Å²) in [5.74, 6) is 0.933. The van der Waals surface area contributed by atoms with Crippen molar-refractivity contribution < 1.29 is 9.18 Å². The normalized spacial score (nSPS) is 15.8. The number of nitrogens with one attached hydrogen (secondary N) is 2. The van der Waals surface area contributed by atoms with E-state index in [0.29, 0.717) is 5.69 Å². The Hall–Kier alpha value is -4.01. The van der Waals surface area contributed by atoms with Gasteiger partial charge >= 0.3 is 0 Å². The van der Waals surface area contributed by atoms with Gasteiger partial charge in [0.1, 0.15) is 29.4 Å². The highest BCUT2D eigenvalue weighted by molar-refractivity contribution is 6.04. The summed E-state index contributed by atoms with van der Waals surface area (Å²) in [6.07, 6.45) is 6.06. The Labute approximate surface area is 184 Å². The Bertz CT molecular complexity index is 1260. The van der Waals surface area contributed by atoms with Gasteiger partial charge < -0.3 is 20.1 Å². The number of likely N-dealkylation sites (N-methyl/N-ethyl adjacent to an activating group) is 1. The second-order valence-corrected chi connectivity index (χ2v) is 7.81. The highest BCUT2D eigenvalue weighted by atomic mass is 19.1. The Balaban J connectivity index is 1.24. The smallest absolute Gasteiger partial charge is 0.255 e. The van der Waals surface area contributed by atoms with E-state index in [2.05, 4.69) is 35.1 Å². The molecule has 1 fully saturated rings. The molecular formula is C23H22FN7O. The van der Waals surface area contributed by atoms with Gasteiger partial charge in [0.05, 0.1) is 17.3 Å². The third-order valence-corrected chi connectivity index (χ3v) is 5.80. The maximum absolute atomic E-state index is 13.3. The summed E-state index contributed by atoms with van der Waals surface area (Å²) in [4.78, 5) is 33.1. The number of halogens is 1. The molecule has 1 aliphatic rings. The van der Waals surface area contributed by atoms with Crippen LogP contribution in [0.4, 0.5) is 21.7 Å². The Morgan fingerprint density at radius 2 is 2.12 bits per heavy atom. The highest BCUT2D eigenvalue weighted by Crippen LogP contribution is 2.28. The van der Waals surface area contributed by atoms with Crippen LogP contribution in [0.2, 0.25) is 0 Å². The van der Waals surface area contributed by atoms with E-state index in [1.165, 1.54) is 18.2 Å². The van der Waals surface area contributed by atoms with E-state index >= 15 is 0 Å². The molecule has 5 rings (SSSR count). The molecule has 162 valence electrons. The molecule has 1 atom stereocenters. The first-order chi connectivity index (χ1) is 15.6. The first-order valence-corrected chi connectivity index (χ1v) is 10.4. The monoisotopic (exact) mass is 431 g/mol. The maximum atomic E-state index is 13.3. The fourth-order valence-electron chi connectivity index (χ4n) is 4.05. The zero-order valence-corrected chi connectivity index (χ0v) is 17.5. The molecular weight excluding hydrogens is 409 g/mol.